The summed E-state index contributed by atoms with van der Waals surface area (Å²) in [5.41, 5.74) is 0. The third-order valence-corrected chi connectivity index (χ3v) is 3.79. The molecule has 0 aromatic heterocycles. The third-order valence-electron chi connectivity index (χ3n) is 3.79. The Balaban J connectivity index is 2.52. The lowest BCUT2D eigenvalue weighted by Crippen LogP contribution is -2.48. The van der Waals surface area contributed by atoms with Crippen LogP contribution in [0, 0.1) is 5.92 Å². The van der Waals surface area contributed by atoms with E-state index in [9.17, 15) is 4.79 Å². The lowest BCUT2D eigenvalue weighted by molar-refractivity contribution is -0.145. The van der Waals surface area contributed by atoms with Gasteiger partial charge in [-0.2, -0.15) is 0 Å². The molecule has 2 atom stereocenters. The van der Waals surface area contributed by atoms with Crippen molar-refractivity contribution in [3.63, 3.8) is 0 Å². The zero-order chi connectivity index (χ0) is 12.7. The lowest BCUT2D eigenvalue weighted by Gasteiger charge is -2.30. The predicted molar refractivity (Wildman–Crippen MR) is 69.9 cm³/mol. The average Bonchev–Trinajstić information content (AvgIpc) is 2.36. The van der Waals surface area contributed by atoms with Crippen LogP contribution in [0.15, 0.2) is 0 Å². The van der Waals surface area contributed by atoms with Crippen molar-refractivity contribution in [3.05, 3.63) is 0 Å². The Morgan fingerprint density at radius 1 is 1.35 bits per heavy atom. The first-order valence-corrected chi connectivity index (χ1v) is 7.03. The number of ether oxygens (including phenoxy) is 1. The van der Waals surface area contributed by atoms with E-state index in [1.54, 1.807) is 0 Å². The second kappa shape index (κ2) is 7.70. The van der Waals surface area contributed by atoms with Gasteiger partial charge in [0.15, 0.2) is 0 Å². The first kappa shape index (κ1) is 14.5. The van der Waals surface area contributed by atoms with E-state index in [0.29, 0.717) is 12.0 Å². The van der Waals surface area contributed by atoms with Crippen molar-refractivity contribution in [2.75, 3.05) is 7.11 Å². The van der Waals surface area contributed by atoms with Crippen LogP contribution >= 0.6 is 0 Å². The molecule has 0 heterocycles. The van der Waals surface area contributed by atoms with Crippen molar-refractivity contribution in [3.8, 4) is 0 Å². The maximum absolute atomic E-state index is 11.8. The normalized spacial score (nSPS) is 20.9. The molecule has 0 aromatic rings. The fourth-order valence-corrected chi connectivity index (χ4v) is 2.74. The largest absolute Gasteiger partial charge is 0.468 e. The summed E-state index contributed by atoms with van der Waals surface area (Å²) in [6.45, 7) is 4.30. The molecule has 0 amide bonds. The molecule has 2 unspecified atom stereocenters. The van der Waals surface area contributed by atoms with Crippen LogP contribution in [0.2, 0.25) is 0 Å². The van der Waals surface area contributed by atoms with Crippen LogP contribution in [0.1, 0.15) is 58.8 Å². The molecule has 100 valence electrons. The minimum absolute atomic E-state index is 0.100. The minimum Gasteiger partial charge on any atom is -0.468 e. The number of rotatable bonds is 6. The van der Waals surface area contributed by atoms with Gasteiger partial charge in [0.1, 0.15) is 6.04 Å². The number of nitrogens with one attached hydrogen (secondary N) is 1. The molecule has 1 fully saturated rings. The van der Waals surface area contributed by atoms with Gasteiger partial charge in [-0.1, -0.05) is 39.5 Å². The molecular weight excluding hydrogens is 214 g/mol. The van der Waals surface area contributed by atoms with Gasteiger partial charge in [-0.25, -0.2) is 0 Å². The van der Waals surface area contributed by atoms with Crippen LogP contribution < -0.4 is 5.32 Å². The van der Waals surface area contributed by atoms with E-state index in [0.717, 1.165) is 12.8 Å². The third kappa shape index (κ3) is 4.66. The van der Waals surface area contributed by atoms with Gasteiger partial charge < -0.3 is 10.1 Å². The highest BCUT2D eigenvalue weighted by atomic mass is 16.5. The standard InChI is InChI=1S/C14H27NO2/c1-4-8-11(2)13(14(16)17-3)15-12-9-6-5-7-10-12/h11-13,15H,4-10H2,1-3H3. The monoisotopic (exact) mass is 241 g/mol. The summed E-state index contributed by atoms with van der Waals surface area (Å²) in [6.07, 6.45) is 8.49. The summed E-state index contributed by atoms with van der Waals surface area (Å²) in [5.74, 6) is 0.255. The number of carbonyl (C=O) groups is 1. The quantitative estimate of drug-likeness (QED) is 0.727. The van der Waals surface area contributed by atoms with Crippen LogP contribution in [0.3, 0.4) is 0 Å². The summed E-state index contributed by atoms with van der Waals surface area (Å²) in [6, 6.07) is 0.384. The topological polar surface area (TPSA) is 38.3 Å². The van der Waals surface area contributed by atoms with Gasteiger partial charge >= 0.3 is 5.97 Å². The van der Waals surface area contributed by atoms with Gasteiger partial charge in [-0.05, 0) is 25.2 Å². The van der Waals surface area contributed by atoms with E-state index in [2.05, 4.69) is 19.2 Å². The fourth-order valence-electron chi connectivity index (χ4n) is 2.74. The molecule has 0 aromatic carbocycles. The van der Waals surface area contributed by atoms with Crippen molar-refractivity contribution < 1.29 is 9.53 Å². The maximum atomic E-state index is 11.8. The van der Waals surface area contributed by atoms with Crippen LogP contribution in [0.5, 0.6) is 0 Å². The minimum atomic E-state index is -0.122. The Kier molecular flexibility index (Phi) is 6.56. The number of esters is 1. The molecule has 1 aliphatic carbocycles. The molecule has 3 heteroatoms. The molecule has 3 nitrogen and oxygen atoms in total. The van der Waals surface area contributed by atoms with Crippen LogP contribution in [0.25, 0.3) is 0 Å². The SMILES string of the molecule is CCCC(C)C(NC1CCCCC1)C(=O)OC. The summed E-state index contributed by atoms with van der Waals surface area (Å²) in [4.78, 5) is 11.8. The van der Waals surface area contributed by atoms with E-state index in [1.807, 2.05) is 0 Å². The van der Waals surface area contributed by atoms with Crippen molar-refractivity contribution >= 4 is 5.97 Å². The highest BCUT2D eigenvalue weighted by Gasteiger charge is 2.28. The van der Waals surface area contributed by atoms with Gasteiger partial charge in [0.05, 0.1) is 7.11 Å². The van der Waals surface area contributed by atoms with Crippen molar-refractivity contribution in [1.82, 2.24) is 5.32 Å². The zero-order valence-electron chi connectivity index (χ0n) is 11.5. The van der Waals surface area contributed by atoms with E-state index in [-0.39, 0.29) is 12.0 Å². The van der Waals surface area contributed by atoms with E-state index < -0.39 is 0 Å². The zero-order valence-corrected chi connectivity index (χ0v) is 11.5. The molecule has 1 N–H and O–H groups in total. The average molecular weight is 241 g/mol. The highest BCUT2D eigenvalue weighted by Crippen LogP contribution is 2.20. The van der Waals surface area contributed by atoms with Crippen molar-refractivity contribution in [2.45, 2.75) is 70.9 Å². The van der Waals surface area contributed by atoms with Crippen LogP contribution in [-0.2, 0) is 9.53 Å². The summed E-state index contributed by atoms with van der Waals surface area (Å²) < 4.78 is 4.92. The highest BCUT2D eigenvalue weighted by molar-refractivity contribution is 5.76. The Morgan fingerprint density at radius 2 is 2.00 bits per heavy atom. The van der Waals surface area contributed by atoms with Gasteiger partial charge in [0.25, 0.3) is 0 Å². The van der Waals surface area contributed by atoms with Gasteiger partial charge in [0, 0.05) is 6.04 Å². The maximum Gasteiger partial charge on any atom is 0.323 e. The summed E-state index contributed by atoms with van der Waals surface area (Å²) in [5, 5.41) is 3.52. The molecule has 0 spiro atoms. The Labute approximate surface area is 105 Å². The first-order valence-electron chi connectivity index (χ1n) is 7.03. The molecule has 1 rings (SSSR count). The molecule has 1 aliphatic rings. The van der Waals surface area contributed by atoms with E-state index in [4.69, 9.17) is 4.74 Å². The molecule has 0 radical (unpaired) electrons. The molecule has 0 bridgehead atoms. The lowest BCUT2D eigenvalue weighted by atomic mass is 9.91. The Morgan fingerprint density at radius 3 is 2.53 bits per heavy atom. The Hall–Kier alpha value is -0.570. The number of hydrogen-bond donors (Lipinski definition) is 1. The first-order chi connectivity index (χ1) is 8.19. The van der Waals surface area contributed by atoms with Crippen molar-refractivity contribution in [1.29, 1.82) is 0 Å². The number of carbonyl (C=O) groups excluding carboxylic acids is 1. The number of hydrogen-bond acceptors (Lipinski definition) is 3. The van der Waals surface area contributed by atoms with E-state index >= 15 is 0 Å². The van der Waals surface area contributed by atoms with Gasteiger partial charge in [-0.3, -0.25) is 4.79 Å². The second-order valence-corrected chi connectivity index (χ2v) is 5.27. The molecular formula is C14H27NO2. The van der Waals surface area contributed by atoms with Crippen LogP contribution in [-0.4, -0.2) is 25.2 Å². The van der Waals surface area contributed by atoms with Gasteiger partial charge in [-0.15, -0.1) is 0 Å². The summed E-state index contributed by atoms with van der Waals surface area (Å²) in [7, 11) is 1.48. The van der Waals surface area contributed by atoms with Crippen molar-refractivity contribution in [2.24, 2.45) is 5.92 Å². The molecule has 1 saturated carbocycles. The second-order valence-electron chi connectivity index (χ2n) is 5.27. The summed E-state index contributed by atoms with van der Waals surface area (Å²) >= 11 is 0. The van der Waals surface area contributed by atoms with E-state index in [1.165, 1.54) is 39.2 Å². The fraction of sp³-hybridized carbons (Fsp3) is 0.929. The molecule has 17 heavy (non-hydrogen) atoms. The molecule has 0 aliphatic heterocycles. The number of methoxy groups -OCH3 is 1. The Bertz CT molecular complexity index is 224. The van der Waals surface area contributed by atoms with Gasteiger partial charge in [0.2, 0.25) is 0 Å². The smallest absolute Gasteiger partial charge is 0.323 e. The predicted octanol–water partition coefficient (Wildman–Crippen LogP) is 2.89. The molecule has 0 saturated heterocycles. The van der Waals surface area contributed by atoms with Crippen LogP contribution in [0.4, 0.5) is 0 Å².